The first kappa shape index (κ1) is 12.1. The smallest absolute Gasteiger partial charge is 0.407 e. The van der Waals surface area contributed by atoms with Crippen LogP contribution >= 0.6 is 0 Å². The van der Waals surface area contributed by atoms with Crippen LogP contribution in [-0.4, -0.2) is 29.8 Å². The molecule has 1 rings (SSSR count). The van der Waals surface area contributed by atoms with E-state index in [1.807, 2.05) is 0 Å². The number of hydrogen-bond donors (Lipinski definition) is 2. The highest BCUT2D eigenvalue weighted by molar-refractivity contribution is 5.86. The van der Waals surface area contributed by atoms with Crippen LogP contribution in [0.3, 0.4) is 0 Å². The summed E-state index contributed by atoms with van der Waals surface area (Å²) in [4.78, 5) is 21.2. The number of rotatable bonds is 3. The Morgan fingerprint density at radius 3 is 2.81 bits per heavy atom. The van der Waals surface area contributed by atoms with E-state index in [9.17, 15) is 9.59 Å². The van der Waals surface area contributed by atoms with E-state index in [0.717, 1.165) is 0 Å². The highest BCUT2D eigenvalue weighted by Gasteiger charge is 2.29. The van der Waals surface area contributed by atoms with Gasteiger partial charge in [0, 0.05) is 17.9 Å². The molecule has 0 saturated heterocycles. The fourth-order valence-corrected chi connectivity index (χ4v) is 1.36. The minimum Gasteiger partial charge on any atom is -0.472 e. The molecular weight excluding hydrogens is 210 g/mol. The normalized spacial score (nSPS) is 22.0. The van der Waals surface area contributed by atoms with Crippen molar-refractivity contribution in [2.24, 2.45) is 5.92 Å². The van der Waals surface area contributed by atoms with Crippen molar-refractivity contribution in [2.75, 3.05) is 6.61 Å². The number of alkyl carbamates (subject to hydrolysis) is 1. The van der Waals surface area contributed by atoms with Crippen LogP contribution in [0.2, 0.25) is 0 Å². The monoisotopic (exact) mass is 223 g/mol. The van der Waals surface area contributed by atoms with Crippen molar-refractivity contribution in [3.8, 4) is 11.8 Å². The fourth-order valence-electron chi connectivity index (χ4n) is 1.36. The molecule has 1 amide bonds. The second-order valence-corrected chi connectivity index (χ2v) is 3.47. The summed E-state index contributed by atoms with van der Waals surface area (Å²) in [5.41, 5.74) is 0. The van der Waals surface area contributed by atoms with E-state index in [1.54, 1.807) is 0 Å². The van der Waals surface area contributed by atoms with Gasteiger partial charge in [-0.1, -0.05) is 18.6 Å². The molecule has 0 aromatic heterocycles. The van der Waals surface area contributed by atoms with Gasteiger partial charge in [0.25, 0.3) is 0 Å². The Bertz CT molecular complexity index is 347. The number of carboxylic acid groups (broad SMARTS) is 1. The Morgan fingerprint density at radius 1 is 1.56 bits per heavy atom. The molecule has 5 heteroatoms. The third-order valence-electron chi connectivity index (χ3n) is 2.18. The molecule has 0 bridgehead atoms. The summed E-state index contributed by atoms with van der Waals surface area (Å²) >= 11 is 0. The van der Waals surface area contributed by atoms with E-state index in [1.165, 1.54) is 6.08 Å². The molecule has 86 valence electrons. The Labute approximate surface area is 93.5 Å². The van der Waals surface area contributed by atoms with Crippen molar-refractivity contribution in [3.63, 3.8) is 0 Å². The van der Waals surface area contributed by atoms with Gasteiger partial charge in [-0.15, -0.1) is 0 Å². The molecule has 0 aromatic rings. The van der Waals surface area contributed by atoms with Crippen molar-refractivity contribution in [3.05, 3.63) is 12.7 Å². The molecule has 1 aliphatic rings. The summed E-state index contributed by atoms with van der Waals surface area (Å²) in [6.45, 7) is 3.60. The van der Waals surface area contributed by atoms with Crippen molar-refractivity contribution in [2.45, 2.75) is 18.9 Å². The van der Waals surface area contributed by atoms with Gasteiger partial charge in [0.2, 0.25) is 0 Å². The third-order valence-corrected chi connectivity index (χ3v) is 2.18. The van der Waals surface area contributed by atoms with Crippen LogP contribution < -0.4 is 5.32 Å². The van der Waals surface area contributed by atoms with Crippen LogP contribution in [0.15, 0.2) is 12.7 Å². The predicted molar refractivity (Wildman–Crippen MR) is 56.6 cm³/mol. The van der Waals surface area contributed by atoms with Gasteiger partial charge in [-0.05, 0) is 12.8 Å². The minimum absolute atomic E-state index is 0.0328. The number of hydrogen-bond acceptors (Lipinski definition) is 3. The Kier molecular flexibility index (Phi) is 4.40. The van der Waals surface area contributed by atoms with Gasteiger partial charge in [-0.2, -0.15) is 0 Å². The summed E-state index contributed by atoms with van der Waals surface area (Å²) in [7, 11) is 0. The van der Waals surface area contributed by atoms with E-state index in [-0.39, 0.29) is 18.6 Å². The van der Waals surface area contributed by atoms with Crippen LogP contribution in [-0.2, 0) is 9.53 Å². The quantitative estimate of drug-likeness (QED) is 0.547. The average molecular weight is 223 g/mol. The first-order chi connectivity index (χ1) is 7.61. The van der Waals surface area contributed by atoms with E-state index >= 15 is 0 Å². The number of carbonyl (C=O) groups is 2. The lowest BCUT2D eigenvalue weighted by Crippen LogP contribution is -2.44. The van der Waals surface area contributed by atoms with Gasteiger partial charge >= 0.3 is 12.1 Å². The lowest BCUT2D eigenvalue weighted by molar-refractivity contribution is -0.130. The molecule has 5 nitrogen and oxygen atoms in total. The van der Waals surface area contributed by atoms with Gasteiger partial charge in [0.05, 0.1) is 0 Å². The average Bonchev–Trinajstić information content (AvgIpc) is 2.17. The van der Waals surface area contributed by atoms with Gasteiger partial charge in [-0.3, -0.25) is 0 Å². The summed E-state index contributed by atoms with van der Waals surface area (Å²) in [6.07, 6.45) is 2.35. The zero-order chi connectivity index (χ0) is 12.0. The minimum atomic E-state index is -1.12. The lowest BCUT2D eigenvalue weighted by Gasteiger charge is -2.31. The van der Waals surface area contributed by atoms with E-state index in [0.29, 0.717) is 12.8 Å². The van der Waals surface area contributed by atoms with Crippen LogP contribution in [0.1, 0.15) is 12.8 Å². The Balaban J connectivity index is 2.17. The van der Waals surface area contributed by atoms with Crippen molar-refractivity contribution < 1.29 is 19.4 Å². The number of carbonyl (C=O) groups excluding carboxylic acids is 1. The molecule has 2 N–H and O–H groups in total. The van der Waals surface area contributed by atoms with Crippen molar-refractivity contribution in [1.29, 1.82) is 0 Å². The maximum absolute atomic E-state index is 11.1. The number of ether oxygens (including phenoxy) is 1. The number of amides is 1. The number of nitrogens with one attached hydrogen (secondary N) is 1. The first-order valence-electron chi connectivity index (χ1n) is 4.90. The highest BCUT2D eigenvalue weighted by Crippen LogP contribution is 2.26. The predicted octanol–water partition coefficient (Wildman–Crippen LogP) is 0.765. The zero-order valence-electron chi connectivity index (χ0n) is 8.73. The van der Waals surface area contributed by atoms with E-state index < -0.39 is 12.1 Å². The van der Waals surface area contributed by atoms with E-state index in [4.69, 9.17) is 9.84 Å². The summed E-state index contributed by atoms with van der Waals surface area (Å²) in [5, 5.41) is 11.0. The SMILES string of the molecule is C=CCOC(=O)NC1CC(C#CC(=O)O)C1. The first-order valence-corrected chi connectivity index (χ1v) is 4.90. The van der Waals surface area contributed by atoms with Crippen LogP contribution in [0.4, 0.5) is 4.79 Å². The molecule has 1 saturated carbocycles. The van der Waals surface area contributed by atoms with Gasteiger partial charge < -0.3 is 15.2 Å². The number of aliphatic carboxylic acids is 1. The summed E-state index contributed by atoms with van der Waals surface area (Å²) in [5.74, 6) is 3.61. The molecule has 0 radical (unpaired) electrons. The van der Waals surface area contributed by atoms with Crippen molar-refractivity contribution >= 4 is 12.1 Å². The van der Waals surface area contributed by atoms with Gasteiger partial charge in [-0.25, -0.2) is 9.59 Å². The Hall–Kier alpha value is -1.96. The largest absolute Gasteiger partial charge is 0.472 e. The molecule has 0 unspecified atom stereocenters. The van der Waals surface area contributed by atoms with Gasteiger partial charge in [0.15, 0.2) is 0 Å². The lowest BCUT2D eigenvalue weighted by atomic mass is 9.81. The molecule has 0 aliphatic heterocycles. The highest BCUT2D eigenvalue weighted by atomic mass is 16.5. The van der Waals surface area contributed by atoms with Crippen LogP contribution in [0.5, 0.6) is 0 Å². The molecule has 1 aliphatic carbocycles. The molecule has 0 heterocycles. The standard InChI is InChI=1S/C11H13NO4/c1-2-5-16-11(15)12-9-6-8(7-9)3-4-10(13)14/h2,8-9H,1,5-7H2,(H,12,15)(H,13,14). The summed E-state index contributed by atoms with van der Waals surface area (Å²) in [6, 6.07) is 0.0328. The van der Waals surface area contributed by atoms with Crippen molar-refractivity contribution in [1.82, 2.24) is 5.32 Å². The maximum Gasteiger partial charge on any atom is 0.407 e. The topological polar surface area (TPSA) is 75.6 Å². The van der Waals surface area contributed by atoms with E-state index in [2.05, 4.69) is 23.7 Å². The molecule has 1 fully saturated rings. The van der Waals surface area contributed by atoms with Crippen LogP contribution in [0, 0.1) is 17.8 Å². The molecular formula is C11H13NO4. The van der Waals surface area contributed by atoms with Gasteiger partial charge in [0.1, 0.15) is 6.61 Å². The molecule has 16 heavy (non-hydrogen) atoms. The van der Waals surface area contributed by atoms with Crippen LogP contribution in [0.25, 0.3) is 0 Å². The maximum atomic E-state index is 11.1. The Morgan fingerprint density at radius 2 is 2.25 bits per heavy atom. The molecule has 0 spiro atoms. The fraction of sp³-hybridized carbons (Fsp3) is 0.455. The number of carboxylic acids is 1. The molecule has 0 atom stereocenters. The third kappa shape index (κ3) is 4.05. The molecule has 0 aromatic carbocycles. The second kappa shape index (κ2) is 5.81. The second-order valence-electron chi connectivity index (χ2n) is 3.47. The summed E-state index contributed by atoms with van der Waals surface area (Å²) < 4.78 is 4.73. The zero-order valence-corrected chi connectivity index (χ0v) is 8.73.